The Bertz CT molecular complexity index is 450. The number of alkyl halides is 2. The van der Waals surface area contributed by atoms with Gasteiger partial charge in [0.15, 0.2) is 0 Å². The summed E-state index contributed by atoms with van der Waals surface area (Å²) in [6.07, 6.45) is -2.89. The summed E-state index contributed by atoms with van der Waals surface area (Å²) in [6.45, 7) is 1.63. The molecular formula is C12H13ClF4N2. The molecule has 1 aliphatic heterocycles. The van der Waals surface area contributed by atoms with E-state index in [1.54, 1.807) is 0 Å². The van der Waals surface area contributed by atoms with E-state index in [0.717, 1.165) is 12.1 Å². The number of rotatable bonds is 3. The van der Waals surface area contributed by atoms with Gasteiger partial charge < -0.3 is 5.32 Å². The van der Waals surface area contributed by atoms with Crippen LogP contribution in [0.1, 0.15) is 11.6 Å². The van der Waals surface area contributed by atoms with Crippen LogP contribution in [0.3, 0.4) is 0 Å². The summed E-state index contributed by atoms with van der Waals surface area (Å²) in [7, 11) is 0. The lowest BCUT2D eigenvalue weighted by atomic mass is 10.0. The first kappa shape index (κ1) is 14.6. The van der Waals surface area contributed by atoms with Crippen molar-refractivity contribution in [3.63, 3.8) is 0 Å². The number of benzene rings is 1. The monoisotopic (exact) mass is 296 g/mol. The van der Waals surface area contributed by atoms with E-state index < -0.39 is 29.7 Å². The number of hydrogen-bond donors (Lipinski definition) is 1. The first-order chi connectivity index (χ1) is 9.02. The molecule has 1 heterocycles. The number of halogens is 5. The molecule has 0 aromatic heterocycles. The Labute approximate surface area is 113 Å². The van der Waals surface area contributed by atoms with Crippen molar-refractivity contribution in [3.8, 4) is 0 Å². The Morgan fingerprint density at radius 3 is 2.37 bits per heavy atom. The van der Waals surface area contributed by atoms with Crippen LogP contribution in [0.25, 0.3) is 0 Å². The summed E-state index contributed by atoms with van der Waals surface area (Å²) in [5.74, 6) is -2.10. The Morgan fingerprint density at radius 1 is 1.16 bits per heavy atom. The third kappa shape index (κ3) is 3.01. The van der Waals surface area contributed by atoms with Gasteiger partial charge in [0.25, 0.3) is 6.43 Å². The van der Waals surface area contributed by atoms with Gasteiger partial charge in [-0.1, -0.05) is 11.6 Å². The Balaban J connectivity index is 2.41. The first-order valence-corrected chi connectivity index (χ1v) is 6.26. The minimum atomic E-state index is -2.89. The van der Waals surface area contributed by atoms with E-state index >= 15 is 0 Å². The molecular weight excluding hydrogens is 284 g/mol. The molecule has 0 spiro atoms. The minimum absolute atomic E-state index is 0.306. The molecule has 7 heteroatoms. The largest absolute Gasteiger partial charge is 0.314 e. The molecule has 1 N–H and O–H groups in total. The van der Waals surface area contributed by atoms with Gasteiger partial charge in [-0.2, -0.15) is 0 Å². The maximum atomic E-state index is 13.9. The van der Waals surface area contributed by atoms with Crippen molar-refractivity contribution in [1.82, 2.24) is 10.2 Å². The summed E-state index contributed by atoms with van der Waals surface area (Å²) in [4.78, 5) is 1.37. The second kappa shape index (κ2) is 6.07. The van der Waals surface area contributed by atoms with Crippen molar-refractivity contribution in [2.24, 2.45) is 0 Å². The molecule has 19 heavy (non-hydrogen) atoms. The molecule has 1 aromatic carbocycles. The lowest BCUT2D eigenvalue weighted by molar-refractivity contribution is 0.0145. The minimum Gasteiger partial charge on any atom is -0.314 e. The van der Waals surface area contributed by atoms with Gasteiger partial charge in [-0.05, 0) is 12.1 Å². The third-order valence-corrected chi connectivity index (χ3v) is 3.45. The van der Waals surface area contributed by atoms with E-state index in [9.17, 15) is 17.6 Å². The SMILES string of the molecule is Fc1ccc(Cl)c(F)c1[C@@H](C(F)F)N1CCNCC1. The highest BCUT2D eigenvalue weighted by Gasteiger charge is 2.35. The Kier molecular flexibility index (Phi) is 4.65. The fraction of sp³-hybridized carbons (Fsp3) is 0.500. The highest BCUT2D eigenvalue weighted by Crippen LogP contribution is 2.34. The van der Waals surface area contributed by atoms with E-state index in [2.05, 4.69) is 5.32 Å². The second-order valence-electron chi connectivity index (χ2n) is 4.32. The molecule has 0 bridgehead atoms. The normalized spacial score (nSPS) is 18.8. The van der Waals surface area contributed by atoms with Crippen LogP contribution in [-0.4, -0.2) is 37.5 Å². The molecule has 1 fully saturated rings. The molecule has 1 saturated heterocycles. The fourth-order valence-electron chi connectivity index (χ4n) is 2.24. The van der Waals surface area contributed by atoms with Gasteiger partial charge in [0.2, 0.25) is 0 Å². The van der Waals surface area contributed by atoms with Crippen LogP contribution in [-0.2, 0) is 0 Å². The van der Waals surface area contributed by atoms with Crippen LogP contribution in [0.15, 0.2) is 12.1 Å². The smallest absolute Gasteiger partial charge is 0.258 e. The predicted molar refractivity (Wildman–Crippen MR) is 64.6 cm³/mol. The average Bonchev–Trinajstić information content (AvgIpc) is 2.39. The molecule has 0 aliphatic carbocycles. The molecule has 2 nitrogen and oxygen atoms in total. The quantitative estimate of drug-likeness (QED) is 0.681. The summed E-state index contributed by atoms with van der Waals surface area (Å²) in [5.41, 5.74) is -0.649. The van der Waals surface area contributed by atoms with Gasteiger partial charge in [0, 0.05) is 31.7 Å². The predicted octanol–water partition coefficient (Wildman–Crippen LogP) is 2.83. The van der Waals surface area contributed by atoms with Gasteiger partial charge in [-0.3, -0.25) is 4.90 Å². The Hall–Kier alpha value is -0.850. The number of nitrogens with one attached hydrogen (secondary N) is 1. The van der Waals surface area contributed by atoms with E-state index in [1.807, 2.05) is 0 Å². The topological polar surface area (TPSA) is 15.3 Å². The summed E-state index contributed by atoms with van der Waals surface area (Å²) in [6, 6.07) is 0.328. The lowest BCUT2D eigenvalue weighted by Gasteiger charge is -2.34. The number of piperazine rings is 1. The van der Waals surface area contributed by atoms with Crippen LogP contribution in [0, 0.1) is 11.6 Å². The van der Waals surface area contributed by atoms with Gasteiger partial charge in [0.1, 0.15) is 17.7 Å². The van der Waals surface area contributed by atoms with Crippen molar-refractivity contribution in [2.45, 2.75) is 12.5 Å². The molecule has 0 radical (unpaired) electrons. The van der Waals surface area contributed by atoms with Gasteiger partial charge in [-0.25, -0.2) is 17.6 Å². The molecule has 0 unspecified atom stereocenters. The van der Waals surface area contributed by atoms with Crippen LogP contribution >= 0.6 is 11.6 Å². The molecule has 0 saturated carbocycles. The van der Waals surface area contributed by atoms with Crippen LogP contribution in [0.4, 0.5) is 17.6 Å². The van der Waals surface area contributed by atoms with Gasteiger partial charge >= 0.3 is 0 Å². The molecule has 1 aliphatic rings. The van der Waals surface area contributed by atoms with Crippen molar-refractivity contribution in [2.75, 3.05) is 26.2 Å². The summed E-state index contributed by atoms with van der Waals surface area (Å²) < 4.78 is 54.0. The average molecular weight is 297 g/mol. The van der Waals surface area contributed by atoms with E-state index in [1.165, 1.54) is 4.90 Å². The number of nitrogens with zero attached hydrogens (tertiary/aromatic N) is 1. The first-order valence-electron chi connectivity index (χ1n) is 5.88. The van der Waals surface area contributed by atoms with Crippen LogP contribution in [0.2, 0.25) is 5.02 Å². The highest BCUT2D eigenvalue weighted by molar-refractivity contribution is 6.30. The summed E-state index contributed by atoms with van der Waals surface area (Å²) >= 11 is 5.56. The maximum Gasteiger partial charge on any atom is 0.258 e. The van der Waals surface area contributed by atoms with Crippen LogP contribution < -0.4 is 5.32 Å². The number of hydrogen-bond acceptors (Lipinski definition) is 2. The van der Waals surface area contributed by atoms with Crippen molar-refractivity contribution in [1.29, 1.82) is 0 Å². The zero-order valence-corrected chi connectivity index (χ0v) is 10.7. The zero-order chi connectivity index (χ0) is 14.0. The standard InChI is InChI=1S/C12H13ClF4N2/c13-7-1-2-8(14)9(10(7)15)11(12(16)17)19-5-3-18-4-6-19/h1-2,11-12,18H,3-6H2/t11-/m0/s1. The molecule has 0 amide bonds. The van der Waals surface area contributed by atoms with Crippen molar-refractivity contribution >= 4 is 11.6 Å². The van der Waals surface area contributed by atoms with Gasteiger partial charge in [-0.15, -0.1) is 0 Å². The lowest BCUT2D eigenvalue weighted by Crippen LogP contribution is -2.47. The van der Waals surface area contributed by atoms with E-state index in [-0.39, 0.29) is 5.02 Å². The molecule has 106 valence electrons. The van der Waals surface area contributed by atoms with E-state index in [4.69, 9.17) is 11.6 Å². The van der Waals surface area contributed by atoms with Crippen molar-refractivity contribution in [3.05, 3.63) is 34.4 Å². The fourth-order valence-corrected chi connectivity index (χ4v) is 2.41. The third-order valence-electron chi connectivity index (χ3n) is 3.16. The summed E-state index contributed by atoms with van der Waals surface area (Å²) in [5, 5.41) is 2.65. The molecule has 2 rings (SSSR count). The second-order valence-corrected chi connectivity index (χ2v) is 4.73. The van der Waals surface area contributed by atoms with Crippen LogP contribution in [0.5, 0.6) is 0 Å². The maximum absolute atomic E-state index is 13.9. The van der Waals surface area contributed by atoms with E-state index in [0.29, 0.717) is 26.2 Å². The Morgan fingerprint density at radius 2 is 1.79 bits per heavy atom. The molecule has 1 atom stereocenters. The highest BCUT2D eigenvalue weighted by atomic mass is 35.5. The molecule has 1 aromatic rings. The van der Waals surface area contributed by atoms with Crippen molar-refractivity contribution < 1.29 is 17.6 Å². The van der Waals surface area contributed by atoms with Gasteiger partial charge in [0.05, 0.1) is 5.02 Å². The zero-order valence-electron chi connectivity index (χ0n) is 9.97.